The van der Waals surface area contributed by atoms with Crippen LogP contribution >= 0.6 is 0 Å². The van der Waals surface area contributed by atoms with Gasteiger partial charge in [-0.3, -0.25) is 4.79 Å². The topological polar surface area (TPSA) is 46.3 Å². The molecule has 1 amide bonds. The van der Waals surface area contributed by atoms with Crippen LogP contribution in [0.2, 0.25) is 0 Å². The van der Waals surface area contributed by atoms with Crippen molar-refractivity contribution in [1.82, 2.24) is 4.90 Å². The highest BCUT2D eigenvalue weighted by atomic mass is 16.1. The molecule has 3 heterocycles. The molecular formula is C8H14N2O. The first-order valence-electron chi connectivity index (χ1n) is 4.29. The van der Waals surface area contributed by atoms with E-state index in [9.17, 15) is 4.79 Å². The van der Waals surface area contributed by atoms with Gasteiger partial charge < -0.3 is 10.6 Å². The van der Waals surface area contributed by atoms with Gasteiger partial charge in [-0.25, -0.2) is 0 Å². The van der Waals surface area contributed by atoms with E-state index in [0.29, 0.717) is 5.92 Å². The van der Waals surface area contributed by atoms with Crippen LogP contribution in [0.5, 0.6) is 0 Å². The van der Waals surface area contributed by atoms with Crippen LogP contribution in [0.4, 0.5) is 0 Å². The van der Waals surface area contributed by atoms with Gasteiger partial charge in [0, 0.05) is 6.54 Å². The van der Waals surface area contributed by atoms with E-state index in [1.807, 2.05) is 0 Å². The molecule has 3 aliphatic heterocycles. The summed E-state index contributed by atoms with van der Waals surface area (Å²) in [5.74, 6) is 0.648. The van der Waals surface area contributed by atoms with Crippen molar-refractivity contribution in [1.29, 1.82) is 0 Å². The lowest BCUT2D eigenvalue weighted by Crippen LogP contribution is -2.51. The Bertz CT molecular complexity index is 173. The Labute approximate surface area is 66.5 Å². The predicted octanol–water partition coefficient (Wildman–Crippen LogP) is -0.187. The van der Waals surface area contributed by atoms with Gasteiger partial charge in [0.1, 0.15) is 0 Å². The highest BCUT2D eigenvalue weighted by Crippen LogP contribution is 2.31. The van der Waals surface area contributed by atoms with E-state index in [2.05, 4.69) is 4.90 Å². The fraction of sp³-hybridized carbons (Fsp3) is 0.875. The largest absolute Gasteiger partial charge is 0.369 e. The number of piperidine rings is 3. The maximum atomic E-state index is 10.9. The van der Waals surface area contributed by atoms with Crippen LogP contribution in [-0.2, 0) is 4.79 Å². The van der Waals surface area contributed by atoms with Gasteiger partial charge >= 0.3 is 0 Å². The summed E-state index contributed by atoms with van der Waals surface area (Å²) in [6, 6.07) is 0. The number of carbonyl (C=O) groups excluding carboxylic acids is 1. The number of fused-ring (bicyclic) bond motifs is 3. The van der Waals surface area contributed by atoms with Crippen molar-refractivity contribution in [3.05, 3.63) is 0 Å². The monoisotopic (exact) mass is 154 g/mol. The van der Waals surface area contributed by atoms with E-state index in [4.69, 9.17) is 5.73 Å². The highest BCUT2D eigenvalue weighted by molar-refractivity contribution is 5.77. The standard InChI is InChI=1S/C8H14N2O/c9-8(11)7-5-10-3-1-6(7)2-4-10/h6-7H,1-5H2,(H2,9,11). The Kier molecular flexibility index (Phi) is 1.60. The zero-order valence-corrected chi connectivity index (χ0v) is 6.62. The Morgan fingerprint density at radius 2 is 2.00 bits per heavy atom. The first-order chi connectivity index (χ1) is 5.27. The molecule has 0 aliphatic carbocycles. The summed E-state index contributed by atoms with van der Waals surface area (Å²) < 4.78 is 0. The minimum atomic E-state index is -0.0978. The number of hydrogen-bond donors (Lipinski definition) is 1. The molecule has 0 aromatic rings. The van der Waals surface area contributed by atoms with Crippen LogP contribution in [0.25, 0.3) is 0 Å². The minimum Gasteiger partial charge on any atom is -0.369 e. The molecule has 11 heavy (non-hydrogen) atoms. The number of hydrogen-bond acceptors (Lipinski definition) is 2. The van der Waals surface area contributed by atoms with Crippen LogP contribution in [-0.4, -0.2) is 30.4 Å². The number of nitrogens with zero attached hydrogens (tertiary/aromatic N) is 1. The average molecular weight is 154 g/mol. The van der Waals surface area contributed by atoms with E-state index in [1.165, 1.54) is 25.9 Å². The third-order valence-corrected chi connectivity index (χ3v) is 3.02. The zero-order valence-electron chi connectivity index (χ0n) is 6.62. The lowest BCUT2D eigenvalue weighted by Gasteiger charge is -2.43. The molecule has 0 spiro atoms. The van der Waals surface area contributed by atoms with Gasteiger partial charge in [-0.1, -0.05) is 0 Å². The lowest BCUT2D eigenvalue weighted by molar-refractivity contribution is -0.127. The smallest absolute Gasteiger partial charge is 0.222 e. The van der Waals surface area contributed by atoms with E-state index < -0.39 is 0 Å². The molecule has 0 saturated carbocycles. The fourth-order valence-corrected chi connectivity index (χ4v) is 2.29. The molecule has 62 valence electrons. The summed E-state index contributed by atoms with van der Waals surface area (Å²) >= 11 is 0. The van der Waals surface area contributed by atoms with Gasteiger partial charge in [-0.2, -0.15) is 0 Å². The molecular weight excluding hydrogens is 140 g/mol. The van der Waals surface area contributed by atoms with E-state index in [0.717, 1.165) is 6.54 Å². The maximum Gasteiger partial charge on any atom is 0.222 e. The van der Waals surface area contributed by atoms with Crippen molar-refractivity contribution in [3.63, 3.8) is 0 Å². The first-order valence-corrected chi connectivity index (χ1v) is 4.29. The third-order valence-electron chi connectivity index (χ3n) is 3.02. The summed E-state index contributed by atoms with van der Waals surface area (Å²) in [4.78, 5) is 13.3. The zero-order chi connectivity index (χ0) is 7.84. The van der Waals surface area contributed by atoms with Gasteiger partial charge in [0.2, 0.25) is 5.91 Å². The Balaban J connectivity index is 2.08. The Hall–Kier alpha value is -0.570. The fourth-order valence-electron chi connectivity index (χ4n) is 2.29. The molecule has 3 heteroatoms. The molecule has 1 atom stereocenters. The van der Waals surface area contributed by atoms with Crippen molar-refractivity contribution in [2.75, 3.05) is 19.6 Å². The van der Waals surface area contributed by atoms with Crippen LogP contribution in [0.15, 0.2) is 0 Å². The van der Waals surface area contributed by atoms with Gasteiger partial charge in [0.05, 0.1) is 5.92 Å². The summed E-state index contributed by atoms with van der Waals surface area (Å²) in [5, 5.41) is 0. The van der Waals surface area contributed by atoms with Crippen molar-refractivity contribution in [2.45, 2.75) is 12.8 Å². The van der Waals surface area contributed by atoms with Crippen molar-refractivity contribution in [2.24, 2.45) is 17.6 Å². The predicted molar refractivity (Wildman–Crippen MR) is 41.8 cm³/mol. The molecule has 0 aromatic heterocycles. The van der Waals surface area contributed by atoms with Crippen molar-refractivity contribution >= 4 is 5.91 Å². The summed E-state index contributed by atoms with van der Waals surface area (Å²) in [5.41, 5.74) is 5.29. The number of nitrogens with two attached hydrogens (primary N) is 1. The van der Waals surface area contributed by atoms with E-state index in [1.54, 1.807) is 0 Å². The van der Waals surface area contributed by atoms with Crippen LogP contribution in [0.1, 0.15) is 12.8 Å². The second-order valence-electron chi connectivity index (χ2n) is 3.65. The molecule has 2 N–H and O–H groups in total. The highest BCUT2D eigenvalue weighted by Gasteiger charge is 2.36. The third kappa shape index (κ3) is 1.13. The summed E-state index contributed by atoms with van der Waals surface area (Å²) in [7, 11) is 0. The van der Waals surface area contributed by atoms with E-state index in [-0.39, 0.29) is 11.8 Å². The number of carbonyl (C=O) groups is 1. The molecule has 3 fully saturated rings. The van der Waals surface area contributed by atoms with Gasteiger partial charge in [-0.15, -0.1) is 0 Å². The lowest BCUT2D eigenvalue weighted by atomic mass is 9.79. The summed E-state index contributed by atoms with van der Waals surface area (Å²) in [6.07, 6.45) is 2.35. The maximum absolute atomic E-state index is 10.9. The van der Waals surface area contributed by atoms with Crippen LogP contribution in [0, 0.1) is 11.8 Å². The second-order valence-corrected chi connectivity index (χ2v) is 3.65. The Morgan fingerprint density at radius 1 is 1.36 bits per heavy atom. The number of primary amides is 1. The van der Waals surface area contributed by atoms with Gasteiger partial charge in [-0.05, 0) is 31.8 Å². The molecule has 0 aromatic carbocycles. The number of amides is 1. The molecule has 3 rings (SSSR count). The SMILES string of the molecule is NC(=O)C1CN2CCC1CC2. The molecule has 3 saturated heterocycles. The van der Waals surface area contributed by atoms with Crippen LogP contribution in [0.3, 0.4) is 0 Å². The number of rotatable bonds is 1. The quantitative estimate of drug-likeness (QED) is 0.569. The minimum absolute atomic E-state index is 0.0978. The molecule has 0 radical (unpaired) electrons. The van der Waals surface area contributed by atoms with Crippen molar-refractivity contribution < 1.29 is 4.79 Å². The molecule has 3 aliphatic rings. The van der Waals surface area contributed by atoms with Gasteiger partial charge in [0.25, 0.3) is 0 Å². The van der Waals surface area contributed by atoms with Gasteiger partial charge in [0.15, 0.2) is 0 Å². The average Bonchev–Trinajstić information content (AvgIpc) is 2.06. The molecule has 2 bridgehead atoms. The Morgan fingerprint density at radius 3 is 2.27 bits per heavy atom. The molecule has 3 nitrogen and oxygen atoms in total. The summed E-state index contributed by atoms with van der Waals surface area (Å²) in [6.45, 7) is 3.27. The second kappa shape index (κ2) is 2.48. The van der Waals surface area contributed by atoms with E-state index >= 15 is 0 Å². The van der Waals surface area contributed by atoms with Crippen LogP contribution < -0.4 is 5.73 Å². The first kappa shape index (κ1) is 7.10. The normalized spacial score (nSPS) is 42.4. The molecule has 1 unspecified atom stereocenters. The van der Waals surface area contributed by atoms with Crippen molar-refractivity contribution in [3.8, 4) is 0 Å².